The highest BCUT2D eigenvalue weighted by Gasteiger charge is 2.26. The highest BCUT2D eigenvalue weighted by molar-refractivity contribution is 5.39. The Morgan fingerprint density at radius 2 is 1.78 bits per heavy atom. The molecule has 0 radical (unpaired) electrons. The number of hydrogen-bond acceptors (Lipinski definition) is 3. The molecule has 1 aromatic carbocycles. The van der Waals surface area contributed by atoms with Crippen molar-refractivity contribution < 1.29 is 9.47 Å². The summed E-state index contributed by atoms with van der Waals surface area (Å²) in [6.07, 6.45) is 0.956. The third kappa shape index (κ3) is 4.22. The highest BCUT2D eigenvalue weighted by atomic mass is 16.5. The Morgan fingerprint density at radius 3 is 2.28 bits per heavy atom. The first-order chi connectivity index (χ1) is 8.49. The molecule has 0 spiro atoms. The van der Waals surface area contributed by atoms with Gasteiger partial charge in [0.1, 0.15) is 6.10 Å². The van der Waals surface area contributed by atoms with Crippen LogP contribution in [0.5, 0.6) is 11.5 Å². The fourth-order valence-electron chi connectivity index (χ4n) is 1.61. The number of para-hydroxylation sites is 2. The molecule has 102 valence electrons. The Balaban J connectivity index is 2.82. The minimum Gasteiger partial charge on any atom is -0.490 e. The minimum absolute atomic E-state index is 0.00657. The molecule has 1 unspecified atom stereocenters. The maximum Gasteiger partial charge on any atom is 0.161 e. The zero-order chi connectivity index (χ0) is 13.6. The monoisotopic (exact) mass is 251 g/mol. The van der Waals surface area contributed by atoms with Crippen LogP contribution in [0.1, 0.15) is 34.1 Å². The molecule has 0 bridgehead atoms. The van der Waals surface area contributed by atoms with Gasteiger partial charge in [0.25, 0.3) is 0 Å². The first-order valence-electron chi connectivity index (χ1n) is 6.57. The van der Waals surface area contributed by atoms with E-state index in [2.05, 4.69) is 27.7 Å². The molecule has 1 rings (SSSR count). The maximum atomic E-state index is 6.01. The second-order valence-electron chi connectivity index (χ2n) is 5.50. The van der Waals surface area contributed by atoms with Crippen molar-refractivity contribution in [1.29, 1.82) is 0 Å². The summed E-state index contributed by atoms with van der Waals surface area (Å²) in [7, 11) is 0. The van der Waals surface area contributed by atoms with Crippen LogP contribution in [-0.2, 0) is 0 Å². The predicted octanol–water partition coefficient (Wildman–Crippen LogP) is 3.23. The molecule has 3 nitrogen and oxygen atoms in total. The van der Waals surface area contributed by atoms with Crippen molar-refractivity contribution in [2.75, 3.05) is 13.2 Å². The van der Waals surface area contributed by atoms with Crippen molar-refractivity contribution in [3.05, 3.63) is 24.3 Å². The van der Waals surface area contributed by atoms with E-state index in [0.717, 1.165) is 17.9 Å². The average Bonchev–Trinajstić information content (AvgIpc) is 2.33. The van der Waals surface area contributed by atoms with Gasteiger partial charge in [-0.1, -0.05) is 39.8 Å². The Morgan fingerprint density at radius 1 is 1.17 bits per heavy atom. The summed E-state index contributed by atoms with van der Waals surface area (Å²) in [6.45, 7) is 9.65. The lowest BCUT2D eigenvalue weighted by molar-refractivity contribution is 0.0898. The van der Waals surface area contributed by atoms with Gasteiger partial charge in [0.2, 0.25) is 0 Å². The molecule has 0 aliphatic heterocycles. The van der Waals surface area contributed by atoms with Crippen LogP contribution in [0.15, 0.2) is 24.3 Å². The van der Waals surface area contributed by atoms with Crippen LogP contribution in [0, 0.1) is 5.41 Å². The number of hydrogen-bond donors (Lipinski definition) is 1. The topological polar surface area (TPSA) is 44.5 Å². The molecule has 0 aliphatic carbocycles. The molecule has 0 aliphatic rings. The highest BCUT2D eigenvalue weighted by Crippen LogP contribution is 2.31. The summed E-state index contributed by atoms with van der Waals surface area (Å²) < 4.78 is 11.7. The van der Waals surface area contributed by atoms with Gasteiger partial charge >= 0.3 is 0 Å². The van der Waals surface area contributed by atoms with Crippen LogP contribution in [0.25, 0.3) is 0 Å². The van der Waals surface area contributed by atoms with Gasteiger partial charge in [0, 0.05) is 12.0 Å². The molecule has 0 saturated carbocycles. The van der Waals surface area contributed by atoms with E-state index in [-0.39, 0.29) is 11.5 Å². The lowest BCUT2D eigenvalue weighted by Gasteiger charge is -2.30. The summed E-state index contributed by atoms with van der Waals surface area (Å²) >= 11 is 0. The smallest absolute Gasteiger partial charge is 0.161 e. The van der Waals surface area contributed by atoms with Crippen LogP contribution in [0.3, 0.4) is 0 Å². The molecule has 0 saturated heterocycles. The number of rotatable bonds is 6. The molecular weight excluding hydrogens is 226 g/mol. The van der Waals surface area contributed by atoms with E-state index in [1.165, 1.54) is 0 Å². The number of benzene rings is 1. The maximum absolute atomic E-state index is 6.01. The van der Waals surface area contributed by atoms with Gasteiger partial charge in [-0.3, -0.25) is 0 Å². The standard InChI is InChI=1S/C15H25NO2/c1-5-10-17-12-8-6-7-9-13(12)18-14(11-16)15(2,3)4/h6-9,14H,5,10-11,16H2,1-4H3. The summed E-state index contributed by atoms with van der Waals surface area (Å²) in [6, 6.07) is 7.76. The molecule has 1 aromatic rings. The minimum atomic E-state index is -0.0242. The quantitative estimate of drug-likeness (QED) is 0.844. The Kier molecular flexibility index (Phi) is 5.48. The van der Waals surface area contributed by atoms with E-state index in [1.807, 2.05) is 24.3 Å². The van der Waals surface area contributed by atoms with E-state index in [4.69, 9.17) is 15.2 Å². The predicted molar refractivity (Wildman–Crippen MR) is 75.2 cm³/mol. The third-order valence-electron chi connectivity index (χ3n) is 2.76. The molecule has 0 aromatic heterocycles. The largest absolute Gasteiger partial charge is 0.490 e. The van der Waals surface area contributed by atoms with Gasteiger partial charge in [-0.05, 0) is 18.6 Å². The van der Waals surface area contributed by atoms with Crippen LogP contribution in [0.2, 0.25) is 0 Å². The van der Waals surface area contributed by atoms with Gasteiger partial charge in [-0.25, -0.2) is 0 Å². The van der Waals surface area contributed by atoms with E-state index in [9.17, 15) is 0 Å². The van der Waals surface area contributed by atoms with Crippen LogP contribution in [-0.4, -0.2) is 19.3 Å². The third-order valence-corrected chi connectivity index (χ3v) is 2.76. The molecule has 0 heterocycles. The van der Waals surface area contributed by atoms with Crippen molar-refractivity contribution in [3.63, 3.8) is 0 Å². The Hall–Kier alpha value is -1.22. The van der Waals surface area contributed by atoms with Crippen LogP contribution >= 0.6 is 0 Å². The Labute approximate surface area is 110 Å². The zero-order valence-corrected chi connectivity index (χ0v) is 11.9. The van der Waals surface area contributed by atoms with Gasteiger partial charge in [0.05, 0.1) is 6.61 Å². The van der Waals surface area contributed by atoms with E-state index in [1.54, 1.807) is 0 Å². The van der Waals surface area contributed by atoms with Crippen molar-refractivity contribution in [3.8, 4) is 11.5 Å². The van der Waals surface area contributed by atoms with E-state index < -0.39 is 0 Å². The van der Waals surface area contributed by atoms with Gasteiger partial charge < -0.3 is 15.2 Å². The SMILES string of the molecule is CCCOc1ccccc1OC(CN)C(C)(C)C. The second kappa shape index (κ2) is 6.64. The van der Waals surface area contributed by atoms with E-state index >= 15 is 0 Å². The van der Waals surface area contributed by atoms with Crippen molar-refractivity contribution in [2.24, 2.45) is 11.1 Å². The number of nitrogens with two attached hydrogens (primary N) is 1. The van der Waals surface area contributed by atoms with Crippen molar-refractivity contribution in [2.45, 2.75) is 40.2 Å². The molecule has 0 amide bonds. The first-order valence-corrected chi connectivity index (χ1v) is 6.57. The van der Waals surface area contributed by atoms with E-state index in [0.29, 0.717) is 13.2 Å². The van der Waals surface area contributed by atoms with Crippen molar-refractivity contribution >= 4 is 0 Å². The summed E-state index contributed by atoms with van der Waals surface area (Å²) in [5.74, 6) is 1.57. The van der Waals surface area contributed by atoms with Gasteiger partial charge in [-0.15, -0.1) is 0 Å². The first kappa shape index (κ1) is 14.8. The fraction of sp³-hybridized carbons (Fsp3) is 0.600. The van der Waals surface area contributed by atoms with Gasteiger partial charge in [0.15, 0.2) is 11.5 Å². The molecule has 2 N–H and O–H groups in total. The van der Waals surface area contributed by atoms with Gasteiger partial charge in [-0.2, -0.15) is 0 Å². The lowest BCUT2D eigenvalue weighted by atomic mass is 9.89. The number of ether oxygens (including phenoxy) is 2. The molecule has 0 fully saturated rings. The zero-order valence-electron chi connectivity index (χ0n) is 11.9. The van der Waals surface area contributed by atoms with Crippen LogP contribution in [0.4, 0.5) is 0 Å². The second-order valence-corrected chi connectivity index (χ2v) is 5.50. The lowest BCUT2D eigenvalue weighted by Crippen LogP contribution is -2.38. The summed E-state index contributed by atoms with van der Waals surface area (Å²) in [4.78, 5) is 0. The molecule has 3 heteroatoms. The normalized spacial score (nSPS) is 13.2. The van der Waals surface area contributed by atoms with Crippen LogP contribution < -0.4 is 15.2 Å². The molecular formula is C15H25NO2. The summed E-state index contributed by atoms with van der Waals surface area (Å²) in [5, 5.41) is 0. The Bertz CT molecular complexity index is 358. The fourth-order valence-corrected chi connectivity index (χ4v) is 1.61. The molecule has 18 heavy (non-hydrogen) atoms. The molecule has 1 atom stereocenters. The summed E-state index contributed by atoms with van der Waals surface area (Å²) in [5.41, 5.74) is 5.80. The van der Waals surface area contributed by atoms with Crippen molar-refractivity contribution in [1.82, 2.24) is 0 Å². The average molecular weight is 251 g/mol.